The highest BCUT2D eigenvalue weighted by atomic mass is 35.5. The van der Waals surface area contributed by atoms with Crippen LogP contribution in [-0.2, 0) is 12.8 Å². The Hall–Kier alpha value is -2.60. The van der Waals surface area contributed by atoms with Crippen molar-refractivity contribution < 1.29 is 17.9 Å². The fraction of sp³-hybridized carbons (Fsp3) is 0.273. The van der Waals surface area contributed by atoms with E-state index in [4.69, 9.17) is 16.3 Å². The van der Waals surface area contributed by atoms with E-state index < -0.39 is 11.7 Å². The zero-order chi connectivity index (χ0) is 20.6. The summed E-state index contributed by atoms with van der Waals surface area (Å²) < 4.78 is 43.8. The largest absolute Gasteiger partial charge is 0.489 e. The lowest BCUT2D eigenvalue weighted by molar-refractivity contribution is -0.137. The number of rotatable bonds is 6. The monoisotopic (exact) mass is 420 g/mol. The van der Waals surface area contributed by atoms with Crippen molar-refractivity contribution in [3.05, 3.63) is 72.1 Å². The van der Waals surface area contributed by atoms with E-state index in [1.54, 1.807) is 0 Å². The van der Waals surface area contributed by atoms with Crippen molar-refractivity contribution in [1.82, 2.24) is 4.98 Å². The van der Waals surface area contributed by atoms with E-state index in [1.807, 2.05) is 24.4 Å². The Bertz CT molecular complexity index is 1020. The second kappa shape index (κ2) is 7.67. The molecule has 2 N–H and O–H groups in total. The number of ether oxygens (including phenoxy) is 1. The fourth-order valence-electron chi connectivity index (χ4n) is 3.36. The summed E-state index contributed by atoms with van der Waals surface area (Å²) >= 11 is 6.05. The molecule has 0 unspecified atom stereocenters. The number of aromatic amines is 1. The van der Waals surface area contributed by atoms with Gasteiger partial charge < -0.3 is 15.0 Å². The smallest absolute Gasteiger partial charge is 0.416 e. The maximum Gasteiger partial charge on any atom is 0.416 e. The Balaban J connectivity index is 1.44. The van der Waals surface area contributed by atoms with Crippen LogP contribution >= 0.6 is 11.6 Å². The van der Waals surface area contributed by atoms with Gasteiger partial charge in [-0.2, -0.15) is 13.2 Å². The van der Waals surface area contributed by atoms with Gasteiger partial charge in [-0.15, -0.1) is 11.6 Å². The molecule has 1 aliphatic rings. The predicted octanol–water partition coefficient (Wildman–Crippen LogP) is 6.71. The molecule has 1 heterocycles. The van der Waals surface area contributed by atoms with E-state index >= 15 is 0 Å². The highest BCUT2D eigenvalue weighted by molar-refractivity contribution is 6.21. The topological polar surface area (TPSA) is 37.0 Å². The number of H-pyrrole nitrogens is 1. The second-order valence-corrected chi connectivity index (χ2v) is 7.93. The molecule has 0 saturated heterocycles. The lowest BCUT2D eigenvalue weighted by Gasteiger charge is -2.32. The summed E-state index contributed by atoms with van der Waals surface area (Å²) in [6, 6.07) is 10.6. The van der Waals surface area contributed by atoms with E-state index in [2.05, 4.69) is 16.9 Å². The van der Waals surface area contributed by atoms with Gasteiger partial charge in [0.15, 0.2) is 0 Å². The molecule has 1 aliphatic carbocycles. The first-order valence-corrected chi connectivity index (χ1v) is 9.73. The molecule has 0 bridgehead atoms. The molecule has 29 heavy (non-hydrogen) atoms. The Morgan fingerprint density at radius 1 is 1.17 bits per heavy atom. The van der Waals surface area contributed by atoms with Crippen molar-refractivity contribution >= 4 is 28.2 Å². The van der Waals surface area contributed by atoms with Crippen LogP contribution in [0, 0.1) is 5.92 Å². The van der Waals surface area contributed by atoms with Crippen LogP contribution in [0.25, 0.3) is 10.9 Å². The Kier molecular flexibility index (Phi) is 5.21. The number of allylic oxidation sites excluding steroid dienone is 1. The molecule has 1 aromatic heterocycles. The predicted molar refractivity (Wildman–Crippen MR) is 109 cm³/mol. The Morgan fingerprint density at radius 2 is 1.90 bits per heavy atom. The second-order valence-electron chi connectivity index (χ2n) is 7.31. The van der Waals surface area contributed by atoms with Crippen molar-refractivity contribution in [3.8, 4) is 5.75 Å². The summed E-state index contributed by atoms with van der Waals surface area (Å²) in [7, 11) is 0. The number of nitrogens with one attached hydrogen (secondary N) is 2. The molecule has 3 aromatic rings. The number of benzene rings is 2. The van der Waals surface area contributed by atoms with Crippen LogP contribution in [0.3, 0.4) is 0 Å². The Morgan fingerprint density at radius 3 is 2.55 bits per heavy atom. The van der Waals surface area contributed by atoms with Crippen molar-refractivity contribution in [2.75, 3.05) is 5.32 Å². The number of fused-ring (bicyclic) bond motifs is 1. The summed E-state index contributed by atoms with van der Waals surface area (Å²) in [5.41, 5.74) is 2.80. The molecule has 3 nitrogen and oxygen atoms in total. The standard InChI is InChI=1S/C22H20ClF3N2O/c1-13(15-8-17(23)9-15)28-21-11-27-20-7-6-18(10-19(20)21)29-12-14-2-4-16(5-3-14)22(24,25)26/h2-7,10-11,15,17,27-28H,1,8-9,12H2. The van der Waals surface area contributed by atoms with E-state index in [-0.39, 0.29) is 12.0 Å². The van der Waals surface area contributed by atoms with Crippen LogP contribution in [-0.4, -0.2) is 10.4 Å². The molecule has 0 spiro atoms. The normalized spacial score (nSPS) is 19.0. The number of alkyl halides is 4. The minimum atomic E-state index is -4.34. The zero-order valence-corrected chi connectivity index (χ0v) is 16.3. The van der Waals surface area contributed by atoms with E-state index in [0.29, 0.717) is 17.2 Å². The molecular weight excluding hydrogens is 401 g/mol. The van der Waals surface area contributed by atoms with Gasteiger partial charge in [-0.1, -0.05) is 18.7 Å². The van der Waals surface area contributed by atoms with Crippen LogP contribution in [0.2, 0.25) is 0 Å². The van der Waals surface area contributed by atoms with Crippen LogP contribution in [0.5, 0.6) is 5.75 Å². The average Bonchev–Trinajstić information content (AvgIpc) is 3.05. The van der Waals surface area contributed by atoms with Gasteiger partial charge >= 0.3 is 6.18 Å². The van der Waals surface area contributed by atoms with Gasteiger partial charge in [0, 0.05) is 34.1 Å². The molecule has 1 saturated carbocycles. The van der Waals surface area contributed by atoms with Crippen molar-refractivity contribution in [2.24, 2.45) is 5.92 Å². The number of anilines is 1. The summed E-state index contributed by atoms with van der Waals surface area (Å²) in [6.07, 6.45) is -0.600. The van der Waals surface area contributed by atoms with Crippen LogP contribution in [0.1, 0.15) is 24.0 Å². The third-order valence-electron chi connectivity index (χ3n) is 5.21. The van der Waals surface area contributed by atoms with E-state index in [1.165, 1.54) is 12.1 Å². The van der Waals surface area contributed by atoms with Crippen LogP contribution in [0.15, 0.2) is 60.9 Å². The van der Waals surface area contributed by atoms with Gasteiger partial charge in [0.2, 0.25) is 0 Å². The number of hydrogen-bond acceptors (Lipinski definition) is 2. The van der Waals surface area contributed by atoms with E-state index in [9.17, 15) is 13.2 Å². The molecular formula is C22H20ClF3N2O. The molecule has 7 heteroatoms. The maximum atomic E-state index is 12.7. The molecule has 2 aromatic carbocycles. The molecule has 152 valence electrons. The third-order valence-corrected chi connectivity index (χ3v) is 5.56. The molecule has 0 amide bonds. The first-order chi connectivity index (χ1) is 13.8. The summed E-state index contributed by atoms with van der Waals surface area (Å²) in [4.78, 5) is 3.21. The molecule has 1 fully saturated rings. The molecule has 0 radical (unpaired) electrons. The SMILES string of the molecule is C=C(Nc1c[nH]c2ccc(OCc3ccc(C(F)(F)F)cc3)cc12)C1CC(Cl)C1. The molecule has 4 rings (SSSR count). The van der Waals surface area contributed by atoms with Crippen LogP contribution in [0.4, 0.5) is 18.9 Å². The number of hydrogen-bond donors (Lipinski definition) is 2. The summed E-state index contributed by atoms with van der Waals surface area (Å²) in [5.74, 6) is 1.01. The first-order valence-electron chi connectivity index (χ1n) is 9.29. The lowest BCUT2D eigenvalue weighted by atomic mass is 9.82. The van der Waals surface area contributed by atoms with Gasteiger partial charge in [-0.3, -0.25) is 0 Å². The van der Waals surface area contributed by atoms with Gasteiger partial charge in [0.1, 0.15) is 12.4 Å². The van der Waals surface area contributed by atoms with Gasteiger partial charge in [0.05, 0.1) is 11.3 Å². The quantitative estimate of drug-likeness (QED) is 0.435. The highest BCUT2D eigenvalue weighted by Crippen LogP contribution is 2.38. The number of aromatic nitrogens is 1. The fourth-order valence-corrected chi connectivity index (χ4v) is 3.79. The van der Waals surface area contributed by atoms with Gasteiger partial charge in [-0.05, 0) is 48.7 Å². The molecule has 0 aliphatic heterocycles. The first kappa shape index (κ1) is 19.7. The molecule has 0 atom stereocenters. The minimum absolute atomic E-state index is 0.183. The Labute approximate surface area is 171 Å². The highest BCUT2D eigenvalue weighted by Gasteiger charge is 2.30. The average molecular weight is 421 g/mol. The maximum absolute atomic E-state index is 12.7. The van der Waals surface area contributed by atoms with Crippen molar-refractivity contribution in [3.63, 3.8) is 0 Å². The van der Waals surface area contributed by atoms with E-state index in [0.717, 1.165) is 47.3 Å². The summed E-state index contributed by atoms with van der Waals surface area (Å²) in [5, 5.41) is 4.55. The summed E-state index contributed by atoms with van der Waals surface area (Å²) in [6.45, 7) is 4.30. The lowest BCUT2D eigenvalue weighted by Crippen LogP contribution is -2.27. The van der Waals surface area contributed by atoms with Crippen LogP contribution < -0.4 is 10.1 Å². The van der Waals surface area contributed by atoms with Gasteiger partial charge in [0.25, 0.3) is 0 Å². The minimum Gasteiger partial charge on any atom is -0.489 e. The third kappa shape index (κ3) is 4.37. The van der Waals surface area contributed by atoms with Gasteiger partial charge in [-0.25, -0.2) is 0 Å². The number of halogens is 4. The van der Waals surface area contributed by atoms with Crippen molar-refractivity contribution in [2.45, 2.75) is 31.0 Å². The zero-order valence-electron chi connectivity index (χ0n) is 15.5. The van der Waals surface area contributed by atoms with Crippen molar-refractivity contribution in [1.29, 1.82) is 0 Å².